The maximum absolute atomic E-state index is 3.64. The Hall–Kier alpha value is 0.0374. The van der Waals surface area contributed by atoms with Gasteiger partial charge in [0.1, 0.15) is 0 Å². The summed E-state index contributed by atoms with van der Waals surface area (Å²) in [6.07, 6.45) is 9.62. The Labute approximate surface area is 81.3 Å². The van der Waals surface area contributed by atoms with Crippen LogP contribution in [0.4, 0.5) is 0 Å². The molecule has 0 aromatic heterocycles. The second kappa shape index (κ2) is 6.73. The topological polar surface area (TPSA) is 3.24 Å². The molecule has 57 valence electrons. The first-order valence-corrected chi connectivity index (χ1v) is 3.75. The predicted octanol–water partition coefficient (Wildman–Crippen LogP) is 0.990. The number of hydrogen-bond acceptors (Lipinski definition) is 1. The summed E-state index contributed by atoms with van der Waals surface area (Å²) in [6, 6.07) is 0. The van der Waals surface area contributed by atoms with Gasteiger partial charge in [-0.2, -0.15) is 0 Å². The average Bonchev–Trinajstić information content (AvgIpc) is 2.03. The van der Waals surface area contributed by atoms with Crippen LogP contribution in [0.2, 0.25) is 0 Å². The van der Waals surface area contributed by atoms with Gasteiger partial charge in [-0.3, -0.25) is 4.90 Å². The Bertz CT molecular complexity index is 140. The van der Waals surface area contributed by atoms with Gasteiger partial charge >= 0.3 is 18.9 Å². The van der Waals surface area contributed by atoms with Crippen LogP contribution in [-0.4, -0.2) is 43.4 Å². The summed E-state index contributed by atoms with van der Waals surface area (Å²) in [5.74, 6) is 0. The molecule has 1 nitrogen and oxygen atoms in total. The van der Waals surface area contributed by atoms with Crippen molar-refractivity contribution in [1.29, 1.82) is 0 Å². The monoisotopic (exact) mass is 144 g/mol. The molecule has 0 N–H and O–H groups in total. The summed E-state index contributed by atoms with van der Waals surface area (Å²) < 4.78 is 0. The Morgan fingerprint density at radius 2 is 2.27 bits per heavy atom. The molecule has 0 atom stereocenters. The quantitative estimate of drug-likeness (QED) is 0.412. The molecule has 0 saturated carbocycles. The minimum atomic E-state index is 0. The fraction of sp³-hybridized carbons (Fsp3) is 0.444. The van der Waals surface area contributed by atoms with Crippen LogP contribution in [0.5, 0.6) is 0 Å². The summed E-state index contributed by atoms with van der Waals surface area (Å²) >= 11 is 0. The van der Waals surface area contributed by atoms with E-state index in [1.165, 1.54) is 13.0 Å². The first-order chi connectivity index (χ1) is 4.93. The van der Waals surface area contributed by atoms with Crippen LogP contribution in [0, 0.1) is 6.92 Å². The van der Waals surface area contributed by atoms with Crippen molar-refractivity contribution in [2.45, 2.75) is 6.42 Å². The van der Waals surface area contributed by atoms with Gasteiger partial charge in [-0.1, -0.05) is 24.3 Å². The molecule has 1 radical (unpaired) electrons. The van der Waals surface area contributed by atoms with Gasteiger partial charge in [-0.05, 0) is 13.3 Å². The third kappa shape index (κ3) is 4.47. The number of nitrogens with zero attached hydrogens (tertiary/aromatic N) is 1. The SMILES string of the molecule is [CH2]C=CCN1CC=CCC1.[LiH]. The molecule has 2 heteroatoms. The molecular weight excluding hydrogens is 129 g/mol. The molecule has 0 aromatic carbocycles. The first-order valence-electron chi connectivity index (χ1n) is 3.75. The van der Waals surface area contributed by atoms with Gasteiger partial charge in [0.25, 0.3) is 0 Å². The fourth-order valence-corrected chi connectivity index (χ4v) is 1.08. The van der Waals surface area contributed by atoms with Gasteiger partial charge in [0.05, 0.1) is 0 Å². The Kier molecular flexibility index (Phi) is 6.75. The van der Waals surface area contributed by atoms with Crippen LogP contribution >= 0.6 is 0 Å². The first kappa shape index (κ1) is 11.0. The Morgan fingerprint density at radius 1 is 1.45 bits per heavy atom. The van der Waals surface area contributed by atoms with Crippen molar-refractivity contribution in [2.24, 2.45) is 0 Å². The van der Waals surface area contributed by atoms with E-state index in [1.54, 1.807) is 0 Å². The van der Waals surface area contributed by atoms with E-state index in [-0.39, 0.29) is 18.9 Å². The summed E-state index contributed by atoms with van der Waals surface area (Å²) in [5.41, 5.74) is 0. The standard InChI is InChI=1S/C9H14N.Li.H/c1-2-3-7-10-8-5-4-6-9-10;;/h2-5H,1,6-9H2;;. The third-order valence-corrected chi connectivity index (χ3v) is 1.67. The predicted molar refractivity (Wildman–Crippen MR) is 51.8 cm³/mol. The van der Waals surface area contributed by atoms with Gasteiger partial charge in [0.15, 0.2) is 0 Å². The molecule has 11 heavy (non-hydrogen) atoms. The zero-order valence-electron chi connectivity index (χ0n) is 6.29. The van der Waals surface area contributed by atoms with E-state index in [4.69, 9.17) is 0 Å². The Balaban J connectivity index is 0.000001000. The van der Waals surface area contributed by atoms with E-state index >= 15 is 0 Å². The van der Waals surface area contributed by atoms with E-state index in [0.29, 0.717) is 0 Å². The van der Waals surface area contributed by atoms with Crippen LogP contribution in [0.25, 0.3) is 0 Å². The molecule has 0 spiro atoms. The van der Waals surface area contributed by atoms with E-state index < -0.39 is 0 Å². The number of hydrogen-bond donors (Lipinski definition) is 0. The van der Waals surface area contributed by atoms with Gasteiger partial charge in [-0.15, -0.1) is 0 Å². The van der Waals surface area contributed by atoms with Crippen LogP contribution < -0.4 is 0 Å². The van der Waals surface area contributed by atoms with E-state index in [9.17, 15) is 0 Å². The van der Waals surface area contributed by atoms with Crippen LogP contribution in [-0.2, 0) is 0 Å². The normalized spacial score (nSPS) is 18.6. The molecule has 0 aliphatic carbocycles. The van der Waals surface area contributed by atoms with E-state index in [2.05, 4.69) is 30.1 Å². The fourth-order valence-electron chi connectivity index (χ4n) is 1.08. The van der Waals surface area contributed by atoms with Gasteiger partial charge in [0.2, 0.25) is 0 Å². The summed E-state index contributed by atoms with van der Waals surface area (Å²) in [4.78, 5) is 2.39. The van der Waals surface area contributed by atoms with Crippen molar-refractivity contribution in [1.82, 2.24) is 4.90 Å². The zero-order chi connectivity index (χ0) is 7.23. The second-order valence-electron chi connectivity index (χ2n) is 2.49. The van der Waals surface area contributed by atoms with Gasteiger partial charge in [-0.25, -0.2) is 0 Å². The van der Waals surface area contributed by atoms with Crippen molar-refractivity contribution in [3.05, 3.63) is 31.2 Å². The molecule has 0 saturated heterocycles. The third-order valence-electron chi connectivity index (χ3n) is 1.67. The number of rotatable bonds is 2. The maximum atomic E-state index is 3.64. The van der Waals surface area contributed by atoms with Crippen LogP contribution in [0.1, 0.15) is 6.42 Å². The molecule has 0 amide bonds. The molecule has 0 aromatic rings. The Morgan fingerprint density at radius 3 is 2.82 bits per heavy atom. The van der Waals surface area contributed by atoms with Gasteiger partial charge < -0.3 is 0 Å². The molecule has 0 fully saturated rings. The molecule has 0 unspecified atom stereocenters. The van der Waals surface area contributed by atoms with Crippen molar-refractivity contribution < 1.29 is 0 Å². The number of allylic oxidation sites excluding steroid dienone is 1. The molecule has 0 bridgehead atoms. The van der Waals surface area contributed by atoms with Crippen molar-refractivity contribution in [3.63, 3.8) is 0 Å². The molecular formula is C9H15LiN. The molecule has 1 heterocycles. The van der Waals surface area contributed by atoms with Gasteiger partial charge in [0, 0.05) is 19.6 Å². The average molecular weight is 144 g/mol. The molecule has 1 aliphatic heterocycles. The van der Waals surface area contributed by atoms with E-state index in [0.717, 1.165) is 13.1 Å². The molecule has 1 aliphatic rings. The van der Waals surface area contributed by atoms with E-state index in [1.807, 2.05) is 6.08 Å². The van der Waals surface area contributed by atoms with Crippen molar-refractivity contribution in [2.75, 3.05) is 19.6 Å². The summed E-state index contributed by atoms with van der Waals surface area (Å²) in [7, 11) is 0. The van der Waals surface area contributed by atoms with Crippen molar-refractivity contribution in [3.8, 4) is 0 Å². The summed E-state index contributed by atoms with van der Waals surface area (Å²) in [5, 5.41) is 0. The van der Waals surface area contributed by atoms with Crippen LogP contribution in [0.3, 0.4) is 0 Å². The summed E-state index contributed by atoms with van der Waals surface area (Å²) in [6.45, 7) is 6.99. The minimum absolute atomic E-state index is 0. The van der Waals surface area contributed by atoms with Crippen LogP contribution in [0.15, 0.2) is 24.3 Å². The molecule has 1 rings (SSSR count). The zero-order valence-corrected chi connectivity index (χ0v) is 6.29. The van der Waals surface area contributed by atoms with Crippen molar-refractivity contribution >= 4 is 18.9 Å². The second-order valence-corrected chi connectivity index (χ2v) is 2.49.